The maximum atomic E-state index is 12.2. The molecule has 4 nitrogen and oxygen atoms in total. The van der Waals surface area contributed by atoms with Gasteiger partial charge in [0.25, 0.3) is 0 Å². The standard InChI is InChI=1S/C22H29N3O/c1-3-18-4-6-19(7-5-18)8-13-22(26)23-20-9-11-21(12-10-20)25-16-14-24(2)15-17-25/h4-7,9-12H,3,8,13-17H2,1-2H3,(H,23,26). The van der Waals surface area contributed by atoms with E-state index in [4.69, 9.17) is 0 Å². The van der Waals surface area contributed by atoms with Gasteiger partial charge in [-0.25, -0.2) is 0 Å². The summed E-state index contributed by atoms with van der Waals surface area (Å²) in [5.41, 5.74) is 4.64. The fraction of sp³-hybridized carbons (Fsp3) is 0.409. The number of aryl methyl sites for hydroxylation is 2. The molecule has 138 valence electrons. The number of carbonyl (C=O) groups excluding carboxylic acids is 1. The van der Waals surface area contributed by atoms with Crippen molar-refractivity contribution < 1.29 is 4.79 Å². The number of anilines is 2. The Balaban J connectivity index is 1.47. The Morgan fingerprint density at radius 3 is 2.15 bits per heavy atom. The van der Waals surface area contributed by atoms with Crippen molar-refractivity contribution >= 4 is 17.3 Å². The van der Waals surface area contributed by atoms with Gasteiger partial charge in [-0.1, -0.05) is 31.2 Å². The van der Waals surface area contributed by atoms with E-state index in [0.717, 1.165) is 44.7 Å². The molecule has 4 heteroatoms. The summed E-state index contributed by atoms with van der Waals surface area (Å²) < 4.78 is 0. The van der Waals surface area contributed by atoms with Crippen LogP contribution >= 0.6 is 0 Å². The van der Waals surface area contributed by atoms with Crippen LogP contribution in [0, 0.1) is 0 Å². The molecular weight excluding hydrogens is 322 g/mol. The minimum atomic E-state index is 0.0666. The lowest BCUT2D eigenvalue weighted by molar-refractivity contribution is -0.116. The third kappa shape index (κ3) is 5.09. The second kappa shape index (κ2) is 8.86. The smallest absolute Gasteiger partial charge is 0.224 e. The monoisotopic (exact) mass is 351 g/mol. The van der Waals surface area contributed by atoms with E-state index in [9.17, 15) is 4.79 Å². The predicted octanol–water partition coefficient (Wildman–Crippen LogP) is 3.57. The minimum absolute atomic E-state index is 0.0666. The van der Waals surface area contributed by atoms with Crippen LogP contribution in [0.5, 0.6) is 0 Å². The molecule has 0 spiro atoms. The van der Waals surface area contributed by atoms with E-state index in [-0.39, 0.29) is 5.91 Å². The van der Waals surface area contributed by atoms with Crippen molar-refractivity contribution in [3.63, 3.8) is 0 Å². The SMILES string of the molecule is CCc1ccc(CCC(=O)Nc2ccc(N3CCN(C)CC3)cc2)cc1. The number of likely N-dealkylation sites (N-methyl/N-ethyl adjacent to an activating group) is 1. The molecule has 0 aliphatic carbocycles. The van der Waals surface area contributed by atoms with Gasteiger partial charge in [0.1, 0.15) is 0 Å². The molecular formula is C22H29N3O. The first-order valence-electron chi connectivity index (χ1n) is 9.55. The molecule has 1 aliphatic rings. The molecule has 1 amide bonds. The molecule has 1 saturated heterocycles. The summed E-state index contributed by atoms with van der Waals surface area (Å²) >= 11 is 0. The predicted molar refractivity (Wildman–Crippen MR) is 109 cm³/mol. The molecule has 1 fully saturated rings. The highest BCUT2D eigenvalue weighted by molar-refractivity contribution is 5.91. The molecule has 3 rings (SSSR count). The van der Waals surface area contributed by atoms with Crippen molar-refractivity contribution in [2.45, 2.75) is 26.2 Å². The fourth-order valence-electron chi connectivity index (χ4n) is 3.24. The molecule has 0 atom stereocenters. The maximum Gasteiger partial charge on any atom is 0.224 e. The minimum Gasteiger partial charge on any atom is -0.369 e. The zero-order chi connectivity index (χ0) is 18.4. The average Bonchev–Trinajstić information content (AvgIpc) is 2.68. The quantitative estimate of drug-likeness (QED) is 0.864. The number of piperazine rings is 1. The van der Waals surface area contributed by atoms with Gasteiger partial charge in [0.15, 0.2) is 0 Å². The first-order valence-corrected chi connectivity index (χ1v) is 9.55. The number of carbonyl (C=O) groups is 1. The topological polar surface area (TPSA) is 35.6 Å². The summed E-state index contributed by atoms with van der Waals surface area (Å²) in [7, 11) is 2.16. The van der Waals surface area contributed by atoms with Crippen molar-refractivity contribution in [1.82, 2.24) is 4.90 Å². The van der Waals surface area contributed by atoms with E-state index >= 15 is 0 Å². The summed E-state index contributed by atoms with van der Waals surface area (Å²) in [4.78, 5) is 16.9. The van der Waals surface area contributed by atoms with E-state index < -0.39 is 0 Å². The molecule has 0 radical (unpaired) electrons. The van der Waals surface area contributed by atoms with Crippen molar-refractivity contribution in [1.29, 1.82) is 0 Å². The lowest BCUT2D eigenvalue weighted by Gasteiger charge is -2.34. The molecule has 0 bridgehead atoms. The highest BCUT2D eigenvalue weighted by Gasteiger charge is 2.14. The van der Waals surface area contributed by atoms with Gasteiger partial charge in [0, 0.05) is 44.0 Å². The number of rotatable bonds is 6. The Hall–Kier alpha value is -2.33. The van der Waals surface area contributed by atoms with Gasteiger partial charge in [-0.3, -0.25) is 4.79 Å². The van der Waals surface area contributed by atoms with Gasteiger partial charge < -0.3 is 15.1 Å². The summed E-state index contributed by atoms with van der Waals surface area (Å²) in [5.74, 6) is 0.0666. The Morgan fingerprint density at radius 1 is 0.923 bits per heavy atom. The third-order valence-corrected chi connectivity index (χ3v) is 5.09. The first kappa shape index (κ1) is 18.5. The van der Waals surface area contributed by atoms with E-state index in [2.05, 4.69) is 65.5 Å². The molecule has 1 aliphatic heterocycles. The second-order valence-corrected chi connectivity index (χ2v) is 7.06. The van der Waals surface area contributed by atoms with E-state index in [1.807, 2.05) is 12.1 Å². The van der Waals surface area contributed by atoms with Crippen molar-refractivity contribution in [3.8, 4) is 0 Å². The number of nitrogens with zero attached hydrogens (tertiary/aromatic N) is 2. The van der Waals surface area contributed by atoms with Crippen LogP contribution in [-0.2, 0) is 17.6 Å². The largest absolute Gasteiger partial charge is 0.369 e. The molecule has 0 aromatic heterocycles. The van der Waals surface area contributed by atoms with Gasteiger partial charge in [0.05, 0.1) is 0 Å². The van der Waals surface area contributed by atoms with E-state index in [1.54, 1.807) is 0 Å². The van der Waals surface area contributed by atoms with Crippen LogP contribution in [0.4, 0.5) is 11.4 Å². The molecule has 0 saturated carbocycles. The first-order chi connectivity index (χ1) is 12.6. The fourth-order valence-corrected chi connectivity index (χ4v) is 3.24. The van der Waals surface area contributed by atoms with Crippen LogP contribution in [-0.4, -0.2) is 44.0 Å². The summed E-state index contributed by atoms with van der Waals surface area (Å²) in [6, 6.07) is 16.7. The molecule has 2 aromatic rings. The van der Waals surface area contributed by atoms with Crippen molar-refractivity contribution in [2.24, 2.45) is 0 Å². The Bertz CT molecular complexity index is 701. The highest BCUT2D eigenvalue weighted by atomic mass is 16.1. The Labute approximate surface area is 156 Å². The highest BCUT2D eigenvalue weighted by Crippen LogP contribution is 2.19. The van der Waals surface area contributed by atoms with Crippen LogP contribution < -0.4 is 10.2 Å². The molecule has 2 aromatic carbocycles. The number of amides is 1. The Morgan fingerprint density at radius 2 is 1.54 bits per heavy atom. The molecule has 0 unspecified atom stereocenters. The number of nitrogens with one attached hydrogen (secondary N) is 1. The molecule has 26 heavy (non-hydrogen) atoms. The van der Waals surface area contributed by atoms with Gasteiger partial charge in [-0.2, -0.15) is 0 Å². The van der Waals surface area contributed by atoms with Crippen LogP contribution in [0.3, 0.4) is 0 Å². The summed E-state index contributed by atoms with van der Waals surface area (Å²) in [5, 5.41) is 3.01. The van der Waals surface area contributed by atoms with Crippen LogP contribution in [0.15, 0.2) is 48.5 Å². The van der Waals surface area contributed by atoms with Gasteiger partial charge in [-0.05, 0) is 55.3 Å². The Kier molecular flexibility index (Phi) is 6.29. The molecule has 1 N–H and O–H groups in total. The van der Waals surface area contributed by atoms with Crippen LogP contribution in [0.1, 0.15) is 24.5 Å². The summed E-state index contributed by atoms with van der Waals surface area (Å²) in [6.45, 7) is 6.45. The van der Waals surface area contributed by atoms with E-state index in [0.29, 0.717) is 6.42 Å². The van der Waals surface area contributed by atoms with Crippen LogP contribution in [0.25, 0.3) is 0 Å². The zero-order valence-corrected chi connectivity index (χ0v) is 15.9. The van der Waals surface area contributed by atoms with Crippen LogP contribution in [0.2, 0.25) is 0 Å². The van der Waals surface area contributed by atoms with E-state index in [1.165, 1.54) is 16.8 Å². The maximum absolute atomic E-state index is 12.2. The van der Waals surface area contributed by atoms with Crippen molar-refractivity contribution in [2.75, 3.05) is 43.4 Å². The summed E-state index contributed by atoms with van der Waals surface area (Å²) in [6.07, 6.45) is 2.33. The van der Waals surface area contributed by atoms with Gasteiger partial charge >= 0.3 is 0 Å². The normalized spacial score (nSPS) is 15.1. The molecule has 1 heterocycles. The van der Waals surface area contributed by atoms with Gasteiger partial charge in [0.2, 0.25) is 5.91 Å². The number of hydrogen-bond acceptors (Lipinski definition) is 3. The lowest BCUT2D eigenvalue weighted by atomic mass is 10.1. The average molecular weight is 351 g/mol. The van der Waals surface area contributed by atoms with Gasteiger partial charge in [-0.15, -0.1) is 0 Å². The number of benzene rings is 2. The second-order valence-electron chi connectivity index (χ2n) is 7.06. The van der Waals surface area contributed by atoms with Crippen molar-refractivity contribution in [3.05, 3.63) is 59.7 Å². The zero-order valence-electron chi connectivity index (χ0n) is 15.9. The lowest BCUT2D eigenvalue weighted by Crippen LogP contribution is -2.44. The third-order valence-electron chi connectivity index (χ3n) is 5.09. The number of hydrogen-bond donors (Lipinski definition) is 1.